The summed E-state index contributed by atoms with van der Waals surface area (Å²) in [6.07, 6.45) is 9.76. The van der Waals surface area contributed by atoms with Gasteiger partial charge in [-0.2, -0.15) is 0 Å². The SMILES string of the molecule is C1=CC(c2cc(-c3ccc4ccccc4c3)nc(-c3ccc4ccccc4c3)n2)CC=C1c1ccc(-c2nc3c(nc4ccccn43)c3ccccc23)cc1. The number of hydrogen-bond donors (Lipinski definition) is 0. The minimum absolute atomic E-state index is 0.122. The zero-order valence-corrected chi connectivity index (χ0v) is 29.8. The Labute approximate surface area is 317 Å². The predicted molar refractivity (Wildman–Crippen MR) is 226 cm³/mol. The van der Waals surface area contributed by atoms with E-state index in [1.165, 1.54) is 32.7 Å². The van der Waals surface area contributed by atoms with Crippen molar-refractivity contribution in [2.75, 3.05) is 0 Å². The van der Waals surface area contributed by atoms with Crippen LogP contribution in [0.3, 0.4) is 0 Å². The number of fused-ring (bicyclic) bond motifs is 7. The lowest BCUT2D eigenvalue weighted by Crippen LogP contribution is -2.05. The monoisotopic (exact) mass is 703 g/mol. The molecule has 0 spiro atoms. The fraction of sp³-hybridized carbons (Fsp3) is 0.0400. The molecule has 11 rings (SSSR count). The lowest BCUT2D eigenvalue weighted by atomic mass is 9.89. The fourth-order valence-corrected chi connectivity index (χ4v) is 8.04. The number of hydrogen-bond acceptors (Lipinski definition) is 4. The highest BCUT2D eigenvalue weighted by Gasteiger charge is 2.19. The Hall–Kier alpha value is -7.24. The summed E-state index contributed by atoms with van der Waals surface area (Å²) in [5.74, 6) is 0.866. The Bertz CT molecular complexity index is 3090. The molecule has 0 bridgehead atoms. The van der Waals surface area contributed by atoms with E-state index in [2.05, 4.69) is 162 Å². The van der Waals surface area contributed by atoms with Crippen molar-refractivity contribution in [1.29, 1.82) is 0 Å². The van der Waals surface area contributed by atoms with Crippen molar-refractivity contribution < 1.29 is 0 Å². The number of aromatic nitrogens is 5. The van der Waals surface area contributed by atoms with Crippen molar-refractivity contribution in [3.05, 3.63) is 193 Å². The average Bonchev–Trinajstić information content (AvgIpc) is 3.65. The molecule has 258 valence electrons. The van der Waals surface area contributed by atoms with Crippen LogP contribution in [0, 0.1) is 0 Å². The first-order chi connectivity index (χ1) is 27.2. The van der Waals surface area contributed by atoms with Gasteiger partial charge in [-0.05, 0) is 69.4 Å². The standard InChI is InChI=1S/C50H33N5/c1-3-11-38-29-40(26-20-32(38)9-1)45-31-44(51-49(52-45)41-27-21-33-10-2-4-12-39(33)30-41)36-22-16-34(17-23-36)35-18-24-37(25-19-35)47-42-13-5-6-14-43(42)48-50(54-47)55-28-8-7-15-46(55)53-48/h1-22,24-31,36H,23H2. The largest absolute Gasteiger partial charge is 0.284 e. The Kier molecular flexibility index (Phi) is 7.24. The fourth-order valence-electron chi connectivity index (χ4n) is 8.04. The number of imidazole rings is 1. The van der Waals surface area contributed by atoms with Gasteiger partial charge in [0.25, 0.3) is 0 Å². The molecule has 1 unspecified atom stereocenters. The minimum atomic E-state index is 0.122. The molecule has 1 aliphatic rings. The second kappa shape index (κ2) is 12.7. The first kappa shape index (κ1) is 31.3. The Morgan fingerprint density at radius 2 is 1.16 bits per heavy atom. The van der Waals surface area contributed by atoms with Gasteiger partial charge in [-0.3, -0.25) is 4.40 Å². The van der Waals surface area contributed by atoms with Gasteiger partial charge >= 0.3 is 0 Å². The molecule has 1 atom stereocenters. The van der Waals surface area contributed by atoms with E-state index in [1.54, 1.807) is 0 Å². The summed E-state index contributed by atoms with van der Waals surface area (Å²) < 4.78 is 2.07. The summed E-state index contributed by atoms with van der Waals surface area (Å²) in [5, 5.41) is 7.00. The van der Waals surface area contributed by atoms with Gasteiger partial charge in [0.05, 0.1) is 17.1 Å². The van der Waals surface area contributed by atoms with Crippen molar-refractivity contribution in [2.45, 2.75) is 12.3 Å². The summed E-state index contributed by atoms with van der Waals surface area (Å²) in [4.78, 5) is 20.5. The number of nitrogens with zero attached hydrogens (tertiary/aromatic N) is 5. The third-order valence-corrected chi connectivity index (χ3v) is 10.9. The van der Waals surface area contributed by atoms with E-state index in [1.807, 2.05) is 24.4 Å². The topological polar surface area (TPSA) is 56.0 Å². The van der Waals surface area contributed by atoms with Crippen LogP contribution in [0.15, 0.2) is 182 Å². The summed E-state index contributed by atoms with van der Waals surface area (Å²) in [6.45, 7) is 0. The second-order valence-corrected chi connectivity index (χ2v) is 14.3. The maximum atomic E-state index is 5.22. The van der Waals surface area contributed by atoms with Crippen LogP contribution in [0.2, 0.25) is 0 Å². The molecule has 0 amide bonds. The molecule has 0 fully saturated rings. The lowest BCUT2D eigenvalue weighted by Gasteiger charge is -2.18. The molecule has 0 N–H and O–H groups in total. The molecular weight excluding hydrogens is 671 g/mol. The van der Waals surface area contributed by atoms with E-state index < -0.39 is 0 Å². The van der Waals surface area contributed by atoms with E-state index in [4.69, 9.17) is 19.9 Å². The zero-order chi connectivity index (χ0) is 36.3. The van der Waals surface area contributed by atoms with Gasteiger partial charge in [-0.15, -0.1) is 0 Å². The van der Waals surface area contributed by atoms with Crippen molar-refractivity contribution in [2.24, 2.45) is 0 Å². The van der Waals surface area contributed by atoms with Crippen LogP contribution in [-0.4, -0.2) is 24.3 Å². The van der Waals surface area contributed by atoms with Crippen molar-refractivity contribution in [3.8, 4) is 33.9 Å². The molecule has 4 aromatic heterocycles. The minimum Gasteiger partial charge on any atom is -0.284 e. The number of allylic oxidation sites excluding steroid dienone is 4. The van der Waals surface area contributed by atoms with Crippen LogP contribution in [-0.2, 0) is 0 Å². The molecule has 6 aromatic carbocycles. The molecule has 5 nitrogen and oxygen atoms in total. The Morgan fingerprint density at radius 1 is 0.509 bits per heavy atom. The third kappa shape index (κ3) is 5.48. The first-order valence-corrected chi connectivity index (χ1v) is 18.7. The molecule has 55 heavy (non-hydrogen) atoms. The van der Waals surface area contributed by atoms with Gasteiger partial charge in [0.2, 0.25) is 0 Å². The van der Waals surface area contributed by atoms with Crippen molar-refractivity contribution in [1.82, 2.24) is 24.3 Å². The van der Waals surface area contributed by atoms with E-state index in [0.29, 0.717) is 0 Å². The molecular formula is C50H33N5. The Balaban J connectivity index is 0.930. The van der Waals surface area contributed by atoms with Crippen molar-refractivity contribution >= 4 is 54.7 Å². The second-order valence-electron chi connectivity index (χ2n) is 14.3. The highest BCUT2D eigenvalue weighted by atomic mass is 15.1. The first-order valence-electron chi connectivity index (χ1n) is 18.7. The number of rotatable bonds is 5. The van der Waals surface area contributed by atoms with Crippen LogP contribution in [0.1, 0.15) is 23.6 Å². The molecule has 10 aromatic rings. The van der Waals surface area contributed by atoms with E-state index in [9.17, 15) is 0 Å². The summed E-state index contributed by atoms with van der Waals surface area (Å²) in [5.41, 5.74) is 11.2. The summed E-state index contributed by atoms with van der Waals surface area (Å²) in [7, 11) is 0. The van der Waals surface area contributed by atoms with Gasteiger partial charge in [-0.25, -0.2) is 19.9 Å². The van der Waals surface area contributed by atoms with Gasteiger partial charge in [0, 0.05) is 39.6 Å². The van der Waals surface area contributed by atoms with Crippen LogP contribution in [0.25, 0.3) is 88.6 Å². The molecule has 1 aliphatic carbocycles. The van der Waals surface area contributed by atoms with E-state index >= 15 is 0 Å². The van der Waals surface area contributed by atoms with Crippen LogP contribution in [0.5, 0.6) is 0 Å². The summed E-state index contributed by atoms with van der Waals surface area (Å²) in [6, 6.07) is 55.5. The predicted octanol–water partition coefficient (Wildman–Crippen LogP) is 12.3. The zero-order valence-electron chi connectivity index (χ0n) is 29.8. The molecule has 4 heterocycles. The lowest BCUT2D eigenvalue weighted by molar-refractivity contribution is 0.813. The highest BCUT2D eigenvalue weighted by Crippen LogP contribution is 2.36. The Morgan fingerprint density at radius 3 is 1.93 bits per heavy atom. The van der Waals surface area contributed by atoms with Gasteiger partial charge in [-0.1, -0.05) is 146 Å². The van der Waals surface area contributed by atoms with Crippen LogP contribution >= 0.6 is 0 Å². The normalized spacial score (nSPS) is 14.3. The van der Waals surface area contributed by atoms with Crippen LogP contribution < -0.4 is 0 Å². The average molecular weight is 704 g/mol. The maximum absolute atomic E-state index is 5.22. The summed E-state index contributed by atoms with van der Waals surface area (Å²) >= 11 is 0. The van der Waals surface area contributed by atoms with Crippen LogP contribution in [0.4, 0.5) is 0 Å². The number of pyridine rings is 2. The third-order valence-electron chi connectivity index (χ3n) is 10.9. The number of benzene rings is 6. The molecule has 0 saturated carbocycles. The van der Waals surface area contributed by atoms with E-state index in [-0.39, 0.29) is 5.92 Å². The molecule has 5 heteroatoms. The van der Waals surface area contributed by atoms with Gasteiger partial charge < -0.3 is 0 Å². The van der Waals surface area contributed by atoms with Gasteiger partial charge in [0.15, 0.2) is 11.5 Å². The smallest absolute Gasteiger partial charge is 0.165 e. The molecule has 0 radical (unpaired) electrons. The van der Waals surface area contributed by atoms with E-state index in [0.717, 1.165) is 73.6 Å². The quantitative estimate of drug-likeness (QED) is 0.179. The maximum Gasteiger partial charge on any atom is 0.165 e. The molecule has 0 aliphatic heterocycles. The van der Waals surface area contributed by atoms with Crippen molar-refractivity contribution in [3.63, 3.8) is 0 Å². The highest BCUT2D eigenvalue weighted by molar-refractivity contribution is 6.09. The van der Waals surface area contributed by atoms with Gasteiger partial charge in [0.1, 0.15) is 11.2 Å². The molecule has 0 saturated heterocycles.